The number of hydrogen-bond acceptors (Lipinski definition) is 5. The second-order valence-electron chi connectivity index (χ2n) is 6.32. The summed E-state index contributed by atoms with van der Waals surface area (Å²) in [5, 5.41) is 11.9. The van der Waals surface area contributed by atoms with Gasteiger partial charge in [0.15, 0.2) is 0 Å². The van der Waals surface area contributed by atoms with E-state index in [2.05, 4.69) is 4.98 Å². The smallest absolute Gasteiger partial charge is 0.315 e. The first-order valence-electron chi connectivity index (χ1n) is 8.20. The van der Waals surface area contributed by atoms with E-state index in [9.17, 15) is 27.3 Å². The predicted octanol–water partition coefficient (Wildman–Crippen LogP) is 2.68. The Labute approximate surface area is 160 Å². The summed E-state index contributed by atoms with van der Waals surface area (Å²) in [5.41, 5.74) is 2.24. The summed E-state index contributed by atoms with van der Waals surface area (Å²) >= 11 is 0. The van der Waals surface area contributed by atoms with Gasteiger partial charge in [-0.15, -0.1) is 0 Å². The maximum atomic E-state index is 13.1. The zero-order valence-corrected chi connectivity index (χ0v) is 15.8. The SMILES string of the molecule is C[S@](=N)(=O)Cc1ccc(-c2ccc([C@@H](O)[C@@H](CF)NC(=O)C(F)F)cc2)cn1. The second kappa shape index (κ2) is 9.16. The molecule has 0 fully saturated rings. The molecule has 0 unspecified atom stereocenters. The van der Waals surface area contributed by atoms with Crippen molar-refractivity contribution < 1.29 is 27.3 Å². The Balaban J connectivity index is 2.12. The molecule has 1 aromatic heterocycles. The molecule has 2 aromatic rings. The summed E-state index contributed by atoms with van der Waals surface area (Å²) in [5.74, 6) is -1.60. The van der Waals surface area contributed by atoms with Crippen molar-refractivity contribution in [1.82, 2.24) is 10.3 Å². The fourth-order valence-corrected chi connectivity index (χ4v) is 3.25. The molecule has 1 aromatic carbocycles. The average Bonchev–Trinajstić information content (AvgIpc) is 2.64. The highest BCUT2D eigenvalue weighted by Crippen LogP contribution is 2.24. The molecule has 152 valence electrons. The first-order chi connectivity index (χ1) is 13.1. The minimum atomic E-state index is -3.30. The number of carbonyl (C=O) groups is 1. The van der Waals surface area contributed by atoms with Gasteiger partial charge >= 0.3 is 6.43 Å². The van der Waals surface area contributed by atoms with E-state index < -0.39 is 40.9 Å². The fourth-order valence-electron chi connectivity index (χ4n) is 2.52. The molecule has 0 aliphatic heterocycles. The monoisotopic (exact) mass is 415 g/mol. The predicted molar refractivity (Wildman–Crippen MR) is 99.0 cm³/mol. The third kappa shape index (κ3) is 6.03. The van der Waals surface area contributed by atoms with Gasteiger partial charge in [0.05, 0.1) is 17.5 Å². The number of aliphatic hydroxyl groups excluding tert-OH is 1. The van der Waals surface area contributed by atoms with Gasteiger partial charge < -0.3 is 10.4 Å². The van der Waals surface area contributed by atoms with Gasteiger partial charge in [0, 0.05) is 27.7 Å². The maximum absolute atomic E-state index is 13.1. The lowest BCUT2D eigenvalue weighted by Gasteiger charge is -2.22. The third-order valence-electron chi connectivity index (χ3n) is 3.91. The lowest BCUT2D eigenvalue weighted by molar-refractivity contribution is -0.133. The number of aromatic nitrogens is 1. The normalized spacial score (nSPS) is 15.6. The molecule has 0 aliphatic rings. The number of nitrogens with one attached hydrogen (secondary N) is 2. The van der Waals surface area contributed by atoms with Gasteiger partial charge in [-0.1, -0.05) is 30.3 Å². The van der Waals surface area contributed by atoms with Crippen molar-refractivity contribution in [3.63, 3.8) is 0 Å². The van der Waals surface area contributed by atoms with Crippen LogP contribution < -0.4 is 5.32 Å². The largest absolute Gasteiger partial charge is 0.386 e. The van der Waals surface area contributed by atoms with Crippen LogP contribution in [-0.2, 0) is 20.3 Å². The molecule has 0 spiro atoms. The molecule has 1 amide bonds. The molecule has 0 radical (unpaired) electrons. The number of amides is 1. The molecule has 2 rings (SSSR count). The number of halogens is 3. The number of nitrogens with zero attached hydrogens (tertiary/aromatic N) is 1. The maximum Gasteiger partial charge on any atom is 0.315 e. The van der Waals surface area contributed by atoms with E-state index in [1.807, 2.05) is 0 Å². The summed E-state index contributed by atoms with van der Waals surface area (Å²) in [4.78, 5) is 15.2. The van der Waals surface area contributed by atoms with E-state index >= 15 is 0 Å². The standard InChI is InChI=1S/C18H20F3N3O3S/c1-28(22,27)10-14-7-6-13(9-23-14)11-2-4-12(5-3-11)16(25)15(8-19)24-18(26)17(20)21/h2-7,9,15-17,22,25H,8,10H2,1H3,(H,24,26)/t15-,16-,28+/m1/s1. The first kappa shape index (κ1) is 21.8. The van der Waals surface area contributed by atoms with Gasteiger partial charge in [0.2, 0.25) is 0 Å². The van der Waals surface area contributed by atoms with E-state index in [0.29, 0.717) is 5.69 Å². The van der Waals surface area contributed by atoms with Crippen LogP contribution in [0, 0.1) is 4.78 Å². The minimum absolute atomic E-state index is 0.0490. The topological polar surface area (TPSA) is 103 Å². The van der Waals surface area contributed by atoms with E-state index in [1.165, 1.54) is 18.4 Å². The van der Waals surface area contributed by atoms with Gasteiger partial charge in [-0.2, -0.15) is 8.78 Å². The van der Waals surface area contributed by atoms with Crippen molar-refractivity contribution in [1.29, 1.82) is 4.78 Å². The number of alkyl halides is 3. The Bertz CT molecular complexity index is 904. The molecule has 1 heterocycles. The van der Waals surface area contributed by atoms with Gasteiger partial charge in [-0.25, -0.2) is 8.60 Å². The molecular formula is C18H20F3N3O3S. The Kier molecular flexibility index (Phi) is 7.14. The van der Waals surface area contributed by atoms with Crippen molar-refractivity contribution >= 4 is 15.6 Å². The van der Waals surface area contributed by atoms with Gasteiger partial charge in [0.25, 0.3) is 5.91 Å². The van der Waals surface area contributed by atoms with Crippen molar-refractivity contribution in [2.75, 3.05) is 12.9 Å². The summed E-state index contributed by atoms with van der Waals surface area (Å²) in [7, 11) is -2.69. The summed E-state index contributed by atoms with van der Waals surface area (Å²) in [6.45, 7) is -1.20. The molecule has 3 N–H and O–H groups in total. The lowest BCUT2D eigenvalue weighted by Crippen LogP contribution is -2.43. The molecule has 28 heavy (non-hydrogen) atoms. The number of benzene rings is 1. The molecule has 0 saturated heterocycles. The highest BCUT2D eigenvalue weighted by atomic mass is 32.2. The van der Waals surface area contributed by atoms with Crippen LogP contribution in [0.3, 0.4) is 0 Å². The highest BCUT2D eigenvalue weighted by Gasteiger charge is 2.26. The molecule has 0 bridgehead atoms. The lowest BCUT2D eigenvalue weighted by atomic mass is 9.99. The number of hydrogen-bond donors (Lipinski definition) is 3. The van der Waals surface area contributed by atoms with Crippen LogP contribution in [-0.4, -0.2) is 45.6 Å². The van der Waals surface area contributed by atoms with Crippen molar-refractivity contribution in [3.05, 3.63) is 53.9 Å². The third-order valence-corrected chi connectivity index (χ3v) is 4.75. The molecule has 0 saturated carbocycles. The zero-order valence-electron chi connectivity index (χ0n) is 14.9. The Hall–Kier alpha value is -2.46. The van der Waals surface area contributed by atoms with E-state index in [0.717, 1.165) is 11.1 Å². The zero-order chi connectivity index (χ0) is 20.9. The average molecular weight is 415 g/mol. The fraction of sp³-hybridized carbons (Fsp3) is 0.333. The Morgan fingerprint density at radius 3 is 2.29 bits per heavy atom. The van der Waals surface area contributed by atoms with Crippen LogP contribution in [0.5, 0.6) is 0 Å². The van der Waals surface area contributed by atoms with Crippen LogP contribution in [0.4, 0.5) is 13.2 Å². The number of rotatable bonds is 8. The van der Waals surface area contributed by atoms with Crippen molar-refractivity contribution in [3.8, 4) is 11.1 Å². The van der Waals surface area contributed by atoms with E-state index in [1.54, 1.807) is 35.8 Å². The molecule has 6 nitrogen and oxygen atoms in total. The summed E-state index contributed by atoms with van der Waals surface area (Å²) < 4.78 is 56.6. The Morgan fingerprint density at radius 1 is 1.21 bits per heavy atom. The molecular weight excluding hydrogens is 395 g/mol. The summed E-state index contributed by atoms with van der Waals surface area (Å²) in [6.07, 6.45) is -1.90. The molecule has 0 aliphatic carbocycles. The van der Waals surface area contributed by atoms with E-state index in [4.69, 9.17) is 4.78 Å². The van der Waals surface area contributed by atoms with Crippen LogP contribution >= 0.6 is 0 Å². The Morgan fingerprint density at radius 2 is 1.82 bits per heavy atom. The van der Waals surface area contributed by atoms with Gasteiger partial charge in [-0.3, -0.25) is 14.6 Å². The van der Waals surface area contributed by atoms with Gasteiger partial charge in [0.1, 0.15) is 12.8 Å². The van der Waals surface area contributed by atoms with E-state index in [-0.39, 0.29) is 11.3 Å². The van der Waals surface area contributed by atoms with Crippen molar-refractivity contribution in [2.24, 2.45) is 0 Å². The van der Waals surface area contributed by atoms with Crippen LogP contribution in [0.25, 0.3) is 11.1 Å². The quantitative estimate of drug-likeness (QED) is 0.617. The first-order valence-corrected chi connectivity index (χ1v) is 10.3. The number of pyridine rings is 1. The molecule has 3 atom stereocenters. The van der Waals surface area contributed by atoms with Crippen molar-refractivity contribution in [2.45, 2.75) is 24.3 Å². The highest BCUT2D eigenvalue weighted by molar-refractivity contribution is 7.90. The van der Waals surface area contributed by atoms with Crippen LogP contribution in [0.2, 0.25) is 0 Å². The summed E-state index contributed by atoms with van der Waals surface area (Å²) in [6, 6.07) is 8.17. The van der Waals surface area contributed by atoms with Crippen LogP contribution in [0.1, 0.15) is 17.4 Å². The second-order valence-corrected chi connectivity index (χ2v) is 8.62. The molecule has 10 heteroatoms. The van der Waals surface area contributed by atoms with Crippen LogP contribution in [0.15, 0.2) is 42.6 Å². The van der Waals surface area contributed by atoms with Gasteiger partial charge in [-0.05, 0) is 17.2 Å². The number of aliphatic hydroxyl groups is 1. The minimum Gasteiger partial charge on any atom is -0.386 e. The number of carbonyl (C=O) groups excluding carboxylic acids is 1.